The van der Waals surface area contributed by atoms with Gasteiger partial charge in [0.15, 0.2) is 0 Å². The molecule has 92 valence electrons. The van der Waals surface area contributed by atoms with E-state index in [-0.39, 0.29) is 12.0 Å². The van der Waals surface area contributed by atoms with Crippen molar-refractivity contribution in [1.29, 1.82) is 0 Å². The van der Waals surface area contributed by atoms with E-state index in [4.69, 9.17) is 4.74 Å². The zero-order valence-corrected chi connectivity index (χ0v) is 10.3. The number of hydrogen-bond donors (Lipinski definition) is 1. The first-order chi connectivity index (χ1) is 8.16. The quantitative estimate of drug-likeness (QED) is 0.794. The normalized spacial score (nSPS) is 19.2. The van der Waals surface area contributed by atoms with E-state index in [1.165, 1.54) is 11.3 Å². The van der Waals surface area contributed by atoms with Gasteiger partial charge in [-0.05, 0) is 17.7 Å². The van der Waals surface area contributed by atoms with Crippen LogP contribution in [0, 0.1) is 0 Å². The lowest BCUT2D eigenvalue weighted by molar-refractivity contribution is -0.139. The van der Waals surface area contributed by atoms with Crippen LogP contribution in [-0.2, 0) is 16.1 Å². The van der Waals surface area contributed by atoms with Crippen LogP contribution in [0.1, 0.15) is 12.0 Å². The molecule has 0 saturated carbocycles. The predicted octanol–water partition coefficient (Wildman–Crippen LogP) is 1.16. The minimum Gasteiger partial charge on any atom is -0.464 e. The third-order valence-electron chi connectivity index (χ3n) is 2.94. The Morgan fingerprint density at radius 3 is 2.59 bits per heavy atom. The third-order valence-corrected chi connectivity index (χ3v) is 2.94. The van der Waals surface area contributed by atoms with Crippen LogP contribution in [0.4, 0.5) is 5.69 Å². The van der Waals surface area contributed by atoms with Gasteiger partial charge in [0.25, 0.3) is 0 Å². The highest BCUT2D eigenvalue weighted by Gasteiger charge is 2.25. The Morgan fingerprint density at radius 2 is 2.06 bits per heavy atom. The number of anilines is 1. The fourth-order valence-electron chi connectivity index (χ4n) is 1.83. The summed E-state index contributed by atoms with van der Waals surface area (Å²) in [4.78, 5) is 13.3. The molecule has 0 aromatic heterocycles. The number of hydrogen-bond acceptors (Lipinski definition) is 4. The van der Waals surface area contributed by atoms with Crippen LogP contribution in [-0.4, -0.2) is 32.7 Å². The summed E-state index contributed by atoms with van der Waals surface area (Å²) < 4.78 is 4.90. The molecule has 1 fully saturated rings. The molecule has 0 radical (unpaired) electrons. The first-order valence-electron chi connectivity index (χ1n) is 5.83. The predicted molar refractivity (Wildman–Crippen MR) is 67.0 cm³/mol. The van der Waals surface area contributed by atoms with Crippen molar-refractivity contribution in [3.05, 3.63) is 29.8 Å². The molecule has 0 aliphatic carbocycles. The summed E-state index contributed by atoms with van der Waals surface area (Å²) in [6.45, 7) is 1.24. The zero-order chi connectivity index (χ0) is 12.3. The van der Waals surface area contributed by atoms with Crippen molar-refractivity contribution in [2.75, 3.05) is 25.6 Å². The van der Waals surface area contributed by atoms with E-state index >= 15 is 0 Å². The molecular formula is C13H18N2O2. The minimum atomic E-state index is -0.136. The molecule has 0 bridgehead atoms. The molecule has 1 unspecified atom stereocenters. The molecular weight excluding hydrogens is 216 g/mol. The van der Waals surface area contributed by atoms with Crippen molar-refractivity contribution in [1.82, 2.24) is 5.32 Å². The number of ether oxygens (including phenoxy) is 1. The second-order valence-electron chi connectivity index (χ2n) is 4.45. The van der Waals surface area contributed by atoms with Crippen molar-refractivity contribution in [2.45, 2.75) is 19.0 Å². The summed E-state index contributed by atoms with van der Waals surface area (Å²) in [5, 5.41) is 3.21. The molecule has 1 atom stereocenters. The molecule has 4 nitrogen and oxygen atoms in total. The number of rotatable bonds is 4. The lowest BCUT2D eigenvalue weighted by atomic mass is 10.1. The number of nitrogens with one attached hydrogen (secondary N) is 1. The van der Waals surface area contributed by atoms with Gasteiger partial charge in [0, 0.05) is 32.7 Å². The smallest absolute Gasteiger partial charge is 0.323 e. The summed E-state index contributed by atoms with van der Waals surface area (Å²) in [5.74, 6) is -0.130. The van der Waals surface area contributed by atoms with Gasteiger partial charge in [-0.2, -0.15) is 0 Å². The Morgan fingerprint density at radius 1 is 1.35 bits per heavy atom. The zero-order valence-electron chi connectivity index (χ0n) is 10.3. The van der Waals surface area contributed by atoms with Gasteiger partial charge in [0.05, 0.1) is 6.61 Å². The van der Waals surface area contributed by atoms with Crippen LogP contribution in [0.3, 0.4) is 0 Å². The Labute approximate surface area is 102 Å². The number of nitrogens with zero attached hydrogens (tertiary/aromatic N) is 1. The van der Waals surface area contributed by atoms with Crippen LogP contribution >= 0.6 is 0 Å². The van der Waals surface area contributed by atoms with Crippen LogP contribution in [0.2, 0.25) is 0 Å². The molecule has 1 aliphatic heterocycles. The monoisotopic (exact) mass is 234 g/mol. The molecule has 4 heteroatoms. The Hall–Kier alpha value is -1.55. The molecule has 1 N–H and O–H groups in total. The van der Waals surface area contributed by atoms with Crippen molar-refractivity contribution in [2.24, 2.45) is 0 Å². The molecule has 0 spiro atoms. The van der Waals surface area contributed by atoms with Crippen molar-refractivity contribution in [3.63, 3.8) is 0 Å². The summed E-state index contributed by atoms with van der Waals surface area (Å²) in [7, 11) is 4.03. The first-order valence-corrected chi connectivity index (χ1v) is 5.83. The lowest BCUT2D eigenvalue weighted by Crippen LogP contribution is -2.32. The maximum atomic E-state index is 11.2. The SMILES string of the molecule is CN(C)c1ccc(CNC2CCOC2=O)cc1. The number of carbonyl (C=O) groups excluding carboxylic acids is 1. The molecule has 2 rings (SSSR count). The average molecular weight is 234 g/mol. The highest BCUT2D eigenvalue weighted by Crippen LogP contribution is 2.13. The summed E-state index contributed by atoms with van der Waals surface area (Å²) in [6.07, 6.45) is 0.772. The van der Waals surface area contributed by atoms with Gasteiger partial charge >= 0.3 is 5.97 Å². The number of esters is 1. The standard InChI is InChI=1S/C13H18N2O2/c1-15(2)11-5-3-10(4-6-11)9-14-12-7-8-17-13(12)16/h3-6,12,14H,7-9H2,1-2H3. The van der Waals surface area contributed by atoms with E-state index in [9.17, 15) is 4.79 Å². The lowest BCUT2D eigenvalue weighted by Gasteiger charge is -2.13. The van der Waals surface area contributed by atoms with Gasteiger partial charge in [0.2, 0.25) is 0 Å². The maximum Gasteiger partial charge on any atom is 0.323 e. The summed E-state index contributed by atoms with van der Waals surface area (Å²) in [5.41, 5.74) is 2.35. The van der Waals surface area contributed by atoms with E-state index in [0.717, 1.165) is 6.42 Å². The van der Waals surface area contributed by atoms with Crippen molar-refractivity contribution >= 4 is 11.7 Å². The Balaban J connectivity index is 1.88. The van der Waals surface area contributed by atoms with E-state index in [0.29, 0.717) is 13.2 Å². The third kappa shape index (κ3) is 2.97. The van der Waals surface area contributed by atoms with E-state index in [1.54, 1.807) is 0 Å². The minimum absolute atomic E-state index is 0.130. The summed E-state index contributed by atoms with van der Waals surface area (Å²) >= 11 is 0. The first kappa shape index (κ1) is 11.9. The Bertz CT molecular complexity index is 387. The van der Waals surface area contributed by atoms with Gasteiger partial charge in [-0.3, -0.25) is 4.79 Å². The molecule has 1 saturated heterocycles. The van der Waals surface area contributed by atoms with E-state index in [2.05, 4.69) is 34.5 Å². The molecule has 1 aromatic carbocycles. The van der Waals surface area contributed by atoms with Gasteiger partial charge < -0.3 is 15.0 Å². The topological polar surface area (TPSA) is 41.6 Å². The van der Waals surface area contributed by atoms with Crippen LogP contribution in [0.25, 0.3) is 0 Å². The number of cyclic esters (lactones) is 1. The van der Waals surface area contributed by atoms with Gasteiger partial charge in [-0.15, -0.1) is 0 Å². The van der Waals surface area contributed by atoms with Crippen LogP contribution in [0.15, 0.2) is 24.3 Å². The second-order valence-corrected chi connectivity index (χ2v) is 4.45. The fraction of sp³-hybridized carbons (Fsp3) is 0.462. The molecule has 0 amide bonds. The highest BCUT2D eigenvalue weighted by molar-refractivity contribution is 5.77. The Kier molecular flexibility index (Phi) is 3.64. The number of benzene rings is 1. The summed E-state index contributed by atoms with van der Waals surface area (Å²) in [6, 6.07) is 8.16. The fourth-order valence-corrected chi connectivity index (χ4v) is 1.83. The molecule has 1 aliphatic rings. The van der Waals surface area contributed by atoms with Gasteiger partial charge in [-0.25, -0.2) is 0 Å². The average Bonchev–Trinajstić information content (AvgIpc) is 2.73. The van der Waals surface area contributed by atoms with Crippen LogP contribution < -0.4 is 10.2 Å². The van der Waals surface area contributed by atoms with Crippen molar-refractivity contribution in [3.8, 4) is 0 Å². The van der Waals surface area contributed by atoms with E-state index in [1.807, 2.05) is 14.1 Å². The second kappa shape index (κ2) is 5.19. The van der Waals surface area contributed by atoms with Crippen molar-refractivity contribution < 1.29 is 9.53 Å². The van der Waals surface area contributed by atoms with Gasteiger partial charge in [0.1, 0.15) is 6.04 Å². The maximum absolute atomic E-state index is 11.2. The molecule has 1 heterocycles. The van der Waals surface area contributed by atoms with Gasteiger partial charge in [-0.1, -0.05) is 12.1 Å². The molecule has 1 aromatic rings. The highest BCUT2D eigenvalue weighted by atomic mass is 16.5. The largest absolute Gasteiger partial charge is 0.464 e. The van der Waals surface area contributed by atoms with Crippen LogP contribution in [0.5, 0.6) is 0 Å². The van der Waals surface area contributed by atoms with E-state index < -0.39 is 0 Å². The number of carbonyl (C=O) groups is 1. The molecule has 17 heavy (non-hydrogen) atoms.